The van der Waals surface area contributed by atoms with Crippen LogP contribution in [0.2, 0.25) is 5.02 Å². The van der Waals surface area contributed by atoms with Crippen LogP contribution in [0.4, 0.5) is 10.2 Å². The number of fused-ring (bicyclic) bond motifs is 3. The standard InChI is InChI=1S/C16H12ClFN4O3S/c1-25-16-10(17)6-11(18)15(21-16)22-26(23,24)12-7-20-14-9(12)3-2-8-4-5-19-13(8)14/h2-7,19-20H,1H3,(H,21,22). The van der Waals surface area contributed by atoms with Crippen LogP contribution < -0.4 is 9.46 Å². The van der Waals surface area contributed by atoms with Crippen LogP contribution in [0.1, 0.15) is 0 Å². The maximum Gasteiger partial charge on any atom is 0.265 e. The molecule has 1 aromatic carbocycles. The SMILES string of the molecule is COc1nc(NS(=O)(=O)c2c[nH]c3c2ccc2cc[nH]c23)c(F)cc1Cl. The van der Waals surface area contributed by atoms with Crippen molar-refractivity contribution >= 4 is 49.2 Å². The number of hydrogen-bond acceptors (Lipinski definition) is 4. The maximum absolute atomic E-state index is 14.1. The average Bonchev–Trinajstić information content (AvgIpc) is 3.22. The van der Waals surface area contributed by atoms with Gasteiger partial charge in [-0.1, -0.05) is 23.7 Å². The Morgan fingerprint density at radius 1 is 1.23 bits per heavy atom. The number of sulfonamides is 1. The summed E-state index contributed by atoms with van der Waals surface area (Å²) in [5.74, 6) is -1.50. The number of hydrogen-bond donors (Lipinski definition) is 3. The molecule has 26 heavy (non-hydrogen) atoms. The first-order chi connectivity index (χ1) is 12.4. The number of ether oxygens (including phenoxy) is 1. The number of pyridine rings is 1. The number of anilines is 1. The number of nitrogens with zero attached hydrogens (tertiary/aromatic N) is 1. The number of benzene rings is 1. The molecule has 0 aliphatic heterocycles. The lowest BCUT2D eigenvalue weighted by Crippen LogP contribution is -2.15. The summed E-state index contributed by atoms with van der Waals surface area (Å²) in [4.78, 5) is 9.75. The number of nitrogens with one attached hydrogen (secondary N) is 3. The van der Waals surface area contributed by atoms with E-state index in [1.54, 1.807) is 18.3 Å². The van der Waals surface area contributed by atoms with Crippen molar-refractivity contribution < 1.29 is 17.5 Å². The van der Waals surface area contributed by atoms with Crippen LogP contribution in [0.15, 0.2) is 41.6 Å². The summed E-state index contributed by atoms with van der Waals surface area (Å²) in [6, 6.07) is 6.29. The number of methoxy groups -OCH3 is 1. The van der Waals surface area contributed by atoms with Crippen molar-refractivity contribution in [3.05, 3.63) is 47.5 Å². The molecule has 3 aromatic heterocycles. The van der Waals surface area contributed by atoms with E-state index in [0.717, 1.165) is 17.0 Å². The molecule has 0 amide bonds. The van der Waals surface area contributed by atoms with Crippen molar-refractivity contribution in [1.82, 2.24) is 15.0 Å². The zero-order valence-corrected chi connectivity index (χ0v) is 14.9. The van der Waals surface area contributed by atoms with Crippen LogP contribution in [0, 0.1) is 5.82 Å². The number of aromatic amines is 2. The van der Waals surface area contributed by atoms with Crippen molar-refractivity contribution in [2.75, 3.05) is 11.8 Å². The molecule has 0 bridgehead atoms. The Balaban J connectivity index is 1.81. The summed E-state index contributed by atoms with van der Waals surface area (Å²) in [6.45, 7) is 0. The average molecular weight is 395 g/mol. The van der Waals surface area contributed by atoms with Crippen molar-refractivity contribution in [2.45, 2.75) is 4.90 Å². The highest BCUT2D eigenvalue weighted by atomic mass is 35.5. The van der Waals surface area contributed by atoms with Crippen LogP contribution in [-0.4, -0.2) is 30.5 Å². The van der Waals surface area contributed by atoms with E-state index in [-0.39, 0.29) is 15.8 Å². The zero-order chi connectivity index (χ0) is 18.5. The number of rotatable bonds is 4. The minimum Gasteiger partial charge on any atom is -0.480 e. The maximum atomic E-state index is 14.1. The Hall–Kier alpha value is -2.78. The van der Waals surface area contributed by atoms with Crippen LogP contribution in [-0.2, 0) is 10.0 Å². The van der Waals surface area contributed by atoms with Gasteiger partial charge in [0, 0.05) is 29.2 Å². The van der Waals surface area contributed by atoms with Gasteiger partial charge in [0.05, 0.1) is 18.1 Å². The summed E-state index contributed by atoms with van der Waals surface area (Å²) < 4.78 is 46.7. The molecule has 3 heterocycles. The predicted molar refractivity (Wildman–Crippen MR) is 96.7 cm³/mol. The Morgan fingerprint density at radius 3 is 2.81 bits per heavy atom. The second kappa shape index (κ2) is 5.89. The van der Waals surface area contributed by atoms with Crippen molar-refractivity contribution in [1.29, 1.82) is 0 Å². The topological polar surface area (TPSA) is 99.9 Å². The van der Waals surface area contributed by atoms with Gasteiger partial charge < -0.3 is 14.7 Å². The monoisotopic (exact) mass is 394 g/mol. The van der Waals surface area contributed by atoms with Gasteiger partial charge in [-0.25, -0.2) is 12.8 Å². The summed E-state index contributed by atoms with van der Waals surface area (Å²) in [5.41, 5.74) is 1.41. The summed E-state index contributed by atoms with van der Waals surface area (Å²) in [5, 5.41) is 1.34. The van der Waals surface area contributed by atoms with E-state index in [1.807, 2.05) is 6.07 Å². The molecule has 0 aliphatic carbocycles. The molecule has 0 fully saturated rings. The Kier molecular flexibility index (Phi) is 3.78. The van der Waals surface area contributed by atoms with Crippen LogP contribution in [0.25, 0.3) is 21.8 Å². The number of H-pyrrole nitrogens is 2. The molecule has 0 radical (unpaired) electrons. The normalized spacial score (nSPS) is 12.0. The van der Waals surface area contributed by atoms with Gasteiger partial charge in [-0.3, -0.25) is 4.72 Å². The lowest BCUT2D eigenvalue weighted by molar-refractivity contribution is 0.397. The molecule has 10 heteroatoms. The highest BCUT2D eigenvalue weighted by molar-refractivity contribution is 7.93. The molecule has 0 saturated carbocycles. The van der Waals surface area contributed by atoms with Gasteiger partial charge in [0.15, 0.2) is 11.6 Å². The van der Waals surface area contributed by atoms with Crippen LogP contribution >= 0.6 is 11.6 Å². The second-order valence-corrected chi connectivity index (χ2v) is 7.56. The van der Waals surface area contributed by atoms with Crippen molar-refractivity contribution in [3.63, 3.8) is 0 Å². The lowest BCUT2D eigenvalue weighted by atomic mass is 10.2. The van der Waals surface area contributed by atoms with Crippen molar-refractivity contribution in [3.8, 4) is 5.88 Å². The molecule has 134 valence electrons. The Morgan fingerprint density at radius 2 is 2.04 bits per heavy atom. The van der Waals surface area contributed by atoms with Gasteiger partial charge in [0.2, 0.25) is 5.88 Å². The third-order valence-corrected chi connectivity index (χ3v) is 5.60. The third kappa shape index (κ3) is 2.56. The smallest absolute Gasteiger partial charge is 0.265 e. The first kappa shape index (κ1) is 16.7. The molecule has 7 nitrogen and oxygen atoms in total. The molecule has 0 saturated heterocycles. The second-order valence-electron chi connectivity index (χ2n) is 5.50. The summed E-state index contributed by atoms with van der Waals surface area (Å²) in [7, 11) is -2.81. The largest absolute Gasteiger partial charge is 0.480 e. The van der Waals surface area contributed by atoms with Crippen molar-refractivity contribution in [2.24, 2.45) is 0 Å². The van der Waals surface area contributed by atoms with E-state index in [4.69, 9.17) is 16.3 Å². The first-order valence-electron chi connectivity index (χ1n) is 7.41. The molecule has 0 spiro atoms. The van der Waals surface area contributed by atoms with E-state index >= 15 is 0 Å². The van der Waals surface area contributed by atoms with Gasteiger partial charge in [-0.15, -0.1) is 0 Å². The van der Waals surface area contributed by atoms with Gasteiger partial charge in [0.25, 0.3) is 10.0 Å². The molecule has 4 rings (SSSR count). The Labute approximate surface area is 152 Å². The molecule has 0 aliphatic rings. The van der Waals surface area contributed by atoms with Gasteiger partial charge >= 0.3 is 0 Å². The van der Waals surface area contributed by atoms with Crippen LogP contribution in [0.5, 0.6) is 5.88 Å². The first-order valence-corrected chi connectivity index (χ1v) is 9.27. The van der Waals surface area contributed by atoms with E-state index in [2.05, 4.69) is 19.7 Å². The highest BCUT2D eigenvalue weighted by Gasteiger charge is 2.23. The fraction of sp³-hybridized carbons (Fsp3) is 0.0625. The van der Waals surface area contributed by atoms with Gasteiger partial charge in [0.1, 0.15) is 9.92 Å². The minimum absolute atomic E-state index is 0.0286. The van der Waals surface area contributed by atoms with E-state index in [1.165, 1.54) is 13.3 Å². The fourth-order valence-corrected chi connectivity index (χ4v) is 4.16. The molecular weight excluding hydrogens is 383 g/mol. The quantitative estimate of drug-likeness (QED) is 0.492. The predicted octanol–water partition coefficient (Wildman–Crippen LogP) is 3.65. The van der Waals surface area contributed by atoms with Gasteiger partial charge in [-0.05, 0) is 6.07 Å². The zero-order valence-electron chi connectivity index (χ0n) is 13.3. The minimum atomic E-state index is -4.10. The summed E-state index contributed by atoms with van der Waals surface area (Å²) in [6.07, 6.45) is 3.11. The number of aromatic nitrogens is 3. The van der Waals surface area contributed by atoms with E-state index in [9.17, 15) is 12.8 Å². The highest BCUT2D eigenvalue weighted by Crippen LogP contribution is 2.31. The van der Waals surface area contributed by atoms with E-state index < -0.39 is 21.7 Å². The fourth-order valence-electron chi connectivity index (χ4n) is 2.77. The molecular formula is C16H12ClFN4O3S. The third-order valence-electron chi connectivity index (χ3n) is 3.95. The molecule has 3 N–H and O–H groups in total. The Bertz CT molecular complexity index is 1250. The van der Waals surface area contributed by atoms with Crippen LogP contribution in [0.3, 0.4) is 0 Å². The van der Waals surface area contributed by atoms with E-state index in [0.29, 0.717) is 10.9 Å². The van der Waals surface area contributed by atoms with Gasteiger partial charge in [-0.2, -0.15) is 4.98 Å². The molecule has 4 aromatic rings. The lowest BCUT2D eigenvalue weighted by Gasteiger charge is -2.10. The number of halogens is 2. The molecule has 0 atom stereocenters. The summed E-state index contributed by atoms with van der Waals surface area (Å²) >= 11 is 5.78. The molecule has 0 unspecified atom stereocenters.